The van der Waals surface area contributed by atoms with E-state index in [2.05, 4.69) is 27.6 Å². The SMILES string of the molecule is Ic1ccc(OC2CCCC2)nc1. The first-order valence-corrected chi connectivity index (χ1v) is 5.71. The third-order valence-corrected chi connectivity index (χ3v) is 2.93. The Bertz CT molecular complexity index is 267. The predicted molar refractivity (Wildman–Crippen MR) is 59.8 cm³/mol. The van der Waals surface area contributed by atoms with Crippen molar-refractivity contribution in [3.8, 4) is 5.88 Å². The van der Waals surface area contributed by atoms with E-state index in [4.69, 9.17) is 4.74 Å². The van der Waals surface area contributed by atoms with Crippen molar-refractivity contribution in [2.24, 2.45) is 0 Å². The second-order valence-electron chi connectivity index (χ2n) is 3.34. The van der Waals surface area contributed by atoms with Gasteiger partial charge in [0.2, 0.25) is 5.88 Å². The van der Waals surface area contributed by atoms with Crippen molar-refractivity contribution in [1.29, 1.82) is 0 Å². The van der Waals surface area contributed by atoms with Crippen LogP contribution in [0.5, 0.6) is 5.88 Å². The summed E-state index contributed by atoms with van der Waals surface area (Å²) in [5.74, 6) is 0.771. The molecule has 1 aromatic heterocycles. The first-order chi connectivity index (χ1) is 6.34. The van der Waals surface area contributed by atoms with Gasteiger partial charge >= 0.3 is 0 Å². The number of nitrogens with zero attached hydrogens (tertiary/aromatic N) is 1. The lowest BCUT2D eigenvalue weighted by molar-refractivity contribution is 0.201. The third kappa shape index (κ3) is 2.56. The first kappa shape index (κ1) is 9.24. The minimum absolute atomic E-state index is 0.410. The molecule has 2 nitrogen and oxygen atoms in total. The Morgan fingerprint density at radius 3 is 2.69 bits per heavy atom. The zero-order chi connectivity index (χ0) is 9.10. The molecule has 2 rings (SSSR count). The Hall–Kier alpha value is -0.320. The molecule has 1 fully saturated rings. The molecule has 0 radical (unpaired) electrons. The molecule has 0 amide bonds. The van der Waals surface area contributed by atoms with Crippen LogP contribution in [-0.2, 0) is 0 Å². The van der Waals surface area contributed by atoms with Crippen molar-refractivity contribution in [1.82, 2.24) is 4.98 Å². The molecule has 0 aliphatic heterocycles. The maximum absolute atomic E-state index is 5.72. The highest BCUT2D eigenvalue weighted by molar-refractivity contribution is 14.1. The van der Waals surface area contributed by atoms with E-state index < -0.39 is 0 Å². The molecule has 1 heterocycles. The number of ether oxygens (including phenoxy) is 1. The quantitative estimate of drug-likeness (QED) is 0.781. The Morgan fingerprint density at radius 2 is 2.08 bits per heavy atom. The lowest BCUT2D eigenvalue weighted by Crippen LogP contribution is -2.11. The van der Waals surface area contributed by atoms with Crippen LogP contribution in [-0.4, -0.2) is 11.1 Å². The zero-order valence-corrected chi connectivity index (χ0v) is 9.53. The van der Waals surface area contributed by atoms with Gasteiger partial charge in [-0.05, 0) is 54.3 Å². The van der Waals surface area contributed by atoms with E-state index in [-0.39, 0.29) is 0 Å². The van der Waals surface area contributed by atoms with Crippen molar-refractivity contribution in [3.05, 3.63) is 21.9 Å². The summed E-state index contributed by atoms with van der Waals surface area (Å²) in [7, 11) is 0. The molecule has 0 spiro atoms. The lowest BCUT2D eigenvalue weighted by atomic mass is 10.3. The monoisotopic (exact) mass is 289 g/mol. The first-order valence-electron chi connectivity index (χ1n) is 4.63. The van der Waals surface area contributed by atoms with Gasteiger partial charge < -0.3 is 4.74 Å². The molecule has 0 aromatic carbocycles. The molecule has 0 bridgehead atoms. The van der Waals surface area contributed by atoms with E-state index in [0.717, 1.165) is 9.45 Å². The molecule has 0 saturated heterocycles. The summed E-state index contributed by atoms with van der Waals surface area (Å²) in [5, 5.41) is 0. The van der Waals surface area contributed by atoms with Crippen molar-refractivity contribution < 1.29 is 4.74 Å². The number of pyridine rings is 1. The van der Waals surface area contributed by atoms with Gasteiger partial charge in [0.1, 0.15) is 6.10 Å². The average Bonchev–Trinajstić information content (AvgIpc) is 2.62. The van der Waals surface area contributed by atoms with Crippen LogP contribution in [0.1, 0.15) is 25.7 Å². The molecule has 0 unspecified atom stereocenters. The summed E-state index contributed by atoms with van der Waals surface area (Å²) in [6.07, 6.45) is 7.23. The van der Waals surface area contributed by atoms with E-state index in [9.17, 15) is 0 Å². The Kier molecular flexibility index (Phi) is 3.03. The third-order valence-electron chi connectivity index (χ3n) is 2.29. The topological polar surface area (TPSA) is 22.1 Å². The Labute approximate surface area is 91.8 Å². The molecular formula is C10H12INO. The van der Waals surface area contributed by atoms with Crippen LogP contribution in [0.3, 0.4) is 0 Å². The van der Waals surface area contributed by atoms with Crippen LogP contribution in [0.25, 0.3) is 0 Å². The maximum Gasteiger partial charge on any atom is 0.213 e. The minimum Gasteiger partial charge on any atom is -0.474 e. The summed E-state index contributed by atoms with van der Waals surface area (Å²) in [6.45, 7) is 0. The highest BCUT2D eigenvalue weighted by atomic mass is 127. The number of rotatable bonds is 2. The minimum atomic E-state index is 0.410. The van der Waals surface area contributed by atoms with Crippen molar-refractivity contribution in [2.75, 3.05) is 0 Å². The number of hydrogen-bond donors (Lipinski definition) is 0. The van der Waals surface area contributed by atoms with E-state index >= 15 is 0 Å². The number of halogens is 1. The van der Waals surface area contributed by atoms with Crippen LogP contribution in [0.4, 0.5) is 0 Å². The van der Waals surface area contributed by atoms with Crippen molar-refractivity contribution in [2.45, 2.75) is 31.8 Å². The molecule has 70 valence electrons. The van der Waals surface area contributed by atoms with Gasteiger partial charge in [0.25, 0.3) is 0 Å². The molecule has 3 heteroatoms. The van der Waals surface area contributed by atoms with E-state index in [1.54, 1.807) is 0 Å². The van der Waals surface area contributed by atoms with E-state index in [0.29, 0.717) is 6.10 Å². The molecule has 0 N–H and O–H groups in total. The smallest absolute Gasteiger partial charge is 0.213 e. The largest absolute Gasteiger partial charge is 0.474 e. The van der Waals surface area contributed by atoms with Gasteiger partial charge in [-0.2, -0.15) is 0 Å². The van der Waals surface area contributed by atoms with Crippen molar-refractivity contribution in [3.63, 3.8) is 0 Å². The zero-order valence-electron chi connectivity index (χ0n) is 7.37. The van der Waals surface area contributed by atoms with Gasteiger partial charge in [-0.15, -0.1) is 0 Å². The van der Waals surface area contributed by atoms with Crippen LogP contribution in [0, 0.1) is 3.57 Å². The predicted octanol–water partition coefficient (Wildman–Crippen LogP) is 3.01. The number of aromatic nitrogens is 1. The van der Waals surface area contributed by atoms with Crippen LogP contribution in [0.2, 0.25) is 0 Å². The molecular weight excluding hydrogens is 277 g/mol. The summed E-state index contributed by atoms with van der Waals surface area (Å²) in [4.78, 5) is 4.21. The maximum atomic E-state index is 5.72. The lowest BCUT2D eigenvalue weighted by Gasteiger charge is -2.11. The molecule has 1 aromatic rings. The summed E-state index contributed by atoms with van der Waals surface area (Å²) >= 11 is 2.24. The number of hydrogen-bond acceptors (Lipinski definition) is 2. The van der Waals surface area contributed by atoms with Crippen molar-refractivity contribution >= 4 is 22.6 Å². The van der Waals surface area contributed by atoms with Crippen LogP contribution in [0.15, 0.2) is 18.3 Å². The van der Waals surface area contributed by atoms with Crippen LogP contribution < -0.4 is 4.74 Å². The highest BCUT2D eigenvalue weighted by Crippen LogP contribution is 2.22. The Balaban J connectivity index is 1.97. The van der Waals surface area contributed by atoms with Gasteiger partial charge in [-0.3, -0.25) is 0 Å². The summed E-state index contributed by atoms with van der Waals surface area (Å²) < 4.78 is 6.87. The molecule has 1 aliphatic rings. The molecule has 0 atom stereocenters. The normalized spacial score (nSPS) is 17.6. The fourth-order valence-corrected chi connectivity index (χ4v) is 1.93. The van der Waals surface area contributed by atoms with Gasteiger partial charge in [0.15, 0.2) is 0 Å². The van der Waals surface area contributed by atoms with Gasteiger partial charge in [-0.1, -0.05) is 0 Å². The van der Waals surface area contributed by atoms with Gasteiger partial charge in [-0.25, -0.2) is 4.98 Å². The van der Waals surface area contributed by atoms with Gasteiger partial charge in [0, 0.05) is 15.8 Å². The summed E-state index contributed by atoms with van der Waals surface area (Å²) in [6, 6.07) is 3.97. The highest BCUT2D eigenvalue weighted by Gasteiger charge is 2.16. The molecule has 1 aliphatic carbocycles. The average molecular weight is 289 g/mol. The molecule has 13 heavy (non-hydrogen) atoms. The second kappa shape index (κ2) is 4.26. The van der Waals surface area contributed by atoms with E-state index in [1.807, 2.05) is 18.3 Å². The Morgan fingerprint density at radius 1 is 1.31 bits per heavy atom. The molecule has 1 saturated carbocycles. The summed E-state index contributed by atoms with van der Waals surface area (Å²) in [5.41, 5.74) is 0. The standard InChI is InChI=1S/C10H12INO/c11-8-5-6-10(12-7-8)13-9-3-1-2-4-9/h5-7,9H,1-4H2. The van der Waals surface area contributed by atoms with Crippen LogP contribution >= 0.6 is 22.6 Å². The second-order valence-corrected chi connectivity index (χ2v) is 4.58. The fourth-order valence-electron chi connectivity index (χ4n) is 1.61. The van der Waals surface area contributed by atoms with Gasteiger partial charge in [0.05, 0.1) is 0 Å². The fraction of sp³-hybridized carbons (Fsp3) is 0.500. The van der Waals surface area contributed by atoms with E-state index in [1.165, 1.54) is 25.7 Å².